The fourth-order valence-corrected chi connectivity index (χ4v) is 2.60. The summed E-state index contributed by atoms with van der Waals surface area (Å²) in [5.74, 6) is 0.588. The molecule has 0 aliphatic heterocycles. The molecule has 0 bridgehead atoms. The number of ketones is 1. The molecule has 2 heteroatoms. The molecule has 0 aromatic heterocycles. The minimum atomic E-state index is -0.254. The third-order valence-electron chi connectivity index (χ3n) is 3.70. The molecular weight excluding hydrogens is 164 g/mol. The molecule has 1 N–H and O–H groups in total. The molecule has 3 atom stereocenters. The SMILES string of the molecule is C[C@]12C=CC(=O)CC1CCCC2O. The zero-order chi connectivity index (χ0) is 9.47. The van der Waals surface area contributed by atoms with Crippen LogP contribution in [-0.4, -0.2) is 17.0 Å². The number of rotatable bonds is 0. The summed E-state index contributed by atoms with van der Waals surface area (Å²) in [6.07, 6.45) is 6.97. The van der Waals surface area contributed by atoms with Crippen LogP contribution in [0.2, 0.25) is 0 Å². The number of carbonyl (C=O) groups is 1. The van der Waals surface area contributed by atoms with Crippen LogP contribution < -0.4 is 0 Å². The van der Waals surface area contributed by atoms with Crippen LogP contribution >= 0.6 is 0 Å². The highest BCUT2D eigenvalue weighted by atomic mass is 16.3. The first kappa shape index (κ1) is 8.95. The van der Waals surface area contributed by atoms with E-state index >= 15 is 0 Å². The first-order valence-electron chi connectivity index (χ1n) is 5.03. The van der Waals surface area contributed by atoms with E-state index in [9.17, 15) is 9.90 Å². The van der Waals surface area contributed by atoms with Crippen molar-refractivity contribution < 1.29 is 9.90 Å². The summed E-state index contributed by atoms with van der Waals surface area (Å²) in [4.78, 5) is 11.2. The Bertz CT molecular complexity index is 257. The van der Waals surface area contributed by atoms with Crippen LogP contribution in [0.25, 0.3) is 0 Å². The Morgan fingerprint density at radius 2 is 2.31 bits per heavy atom. The molecular formula is C11H16O2. The molecule has 2 nitrogen and oxygen atoms in total. The quantitative estimate of drug-likeness (QED) is 0.616. The molecule has 2 unspecified atom stereocenters. The Hall–Kier alpha value is -0.630. The van der Waals surface area contributed by atoms with Crippen LogP contribution in [0.4, 0.5) is 0 Å². The van der Waals surface area contributed by atoms with Crippen LogP contribution in [0, 0.1) is 11.3 Å². The second-order valence-corrected chi connectivity index (χ2v) is 4.51. The van der Waals surface area contributed by atoms with E-state index in [1.807, 2.05) is 6.08 Å². The van der Waals surface area contributed by atoms with E-state index in [1.54, 1.807) is 6.08 Å². The Morgan fingerprint density at radius 1 is 1.54 bits per heavy atom. The zero-order valence-corrected chi connectivity index (χ0v) is 7.99. The largest absolute Gasteiger partial charge is 0.392 e. The lowest BCUT2D eigenvalue weighted by Crippen LogP contribution is -2.43. The van der Waals surface area contributed by atoms with Crippen molar-refractivity contribution >= 4 is 5.78 Å². The third-order valence-corrected chi connectivity index (χ3v) is 3.70. The Kier molecular flexibility index (Phi) is 2.03. The molecule has 0 aromatic rings. The average molecular weight is 180 g/mol. The molecule has 0 saturated heterocycles. The molecule has 0 spiro atoms. The van der Waals surface area contributed by atoms with E-state index in [2.05, 4.69) is 6.92 Å². The van der Waals surface area contributed by atoms with Gasteiger partial charge in [-0.2, -0.15) is 0 Å². The summed E-state index contributed by atoms with van der Waals surface area (Å²) >= 11 is 0. The van der Waals surface area contributed by atoms with Crippen molar-refractivity contribution in [2.45, 2.75) is 38.7 Å². The van der Waals surface area contributed by atoms with Crippen LogP contribution in [0.15, 0.2) is 12.2 Å². The predicted octanol–water partition coefficient (Wildman–Crippen LogP) is 1.68. The van der Waals surface area contributed by atoms with E-state index < -0.39 is 0 Å². The van der Waals surface area contributed by atoms with Crippen molar-refractivity contribution in [2.75, 3.05) is 0 Å². The average Bonchev–Trinajstić information content (AvgIpc) is 2.09. The highest BCUT2D eigenvalue weighted by molar-refractivity contribution is 5.91. The lowest BCUT2D eigenvalue weighted by atomic mass is 9.62. The van der Waals surface area contributed by atoms with Crippen molar-refractivity contribution in [3.8, 4) is 0 Å². The van der Waals surface area contributed by atoms with Gasteiger partial charge in [-0.3, -0.25) is 4.79 Å². The molecule has 72 valence electrons. The first-order valence-corrected chi connectivity index (χ1v) is 5.03. The number of allylic oxidation sites excluding steroid dienone is 1. The molecule has 13 heavy (non-hydrogen) atoms. The van der Waals surface area contributed by atoms with Gasteiger partial charge >= 0.3 is 0 Å². The minimum absolute atomic E-state index is 0.133. The van der Waals surface area contributed by atoms with Gasteiger partial charge in [0.2, 0.25) is 0 Å². The van der Waals surface area contributed by atoms with E-state index in [1.165, 1.54) is 0 Å². The van der Waals surface area contributed by atoms with Gasteiger partial charge in [0.25, 0.3) is 0 Å². The highest BCUT2D eigenvalue weighted by Gasteiger charge is 2.43. The summed E-state index contributed by atoms with van der Waals surface area (Å²) in [6, 6.07) is 0. The molecule has 0 amide bonds. The van der Waals surface area contributed by atoms with Gasteiger partial charge in [-0.25, -0.2) is 0 Å². The lowest BCUT2D eigenvalue weighted by molar-refractivity contribution is -0.119. The van der Waals surface area contributed by atoms with Crippen LogP contribution in [0.3, 0.4) is 0 Å². The van der Waals surface area contributed by atoms with E-state index in [4.69, 9.17) is 0 Å². The zero-order valence-electron chi connectivity index (χ0n) is 7.99. The molecule has 2 aliphatic rings. The van der Waals surface area contributed by atoms with Gasteiger partial charge in [0, 0.05) is 11.8 Å². The molecule has 0 heterocycles. The fourth-order valence-electron chi connectivity index (χ4n) is 2.60. The smallest absolute Gasteiger partial charge is 0.155 e. The Labute approximate surface area is 78.6 Å². The summed E-state index contributed by atoms with van der Waals surface area (Å²) in [5, 5.41) is 9.89. The second-order valence-electron chi connectivity index (χ2n) is 4.51. The van der Waals surface area contributed by atoms with Crippen LogP contribution in [0.5, 0.6) is 0 Å². The summed E-state index contributed by atoms with van der Waals surface area (Å²) in [5.41, 5.74) is -0.133. The number of aliphatic hydroxyl groups is 1. The molecule has 1 saturated carbocycles. The van der Waals surface area contributed by atoms with Crippen molar-refractivity contribution in [2.24, 2.45) is 11.3 Å². The van der Waals surface area contributed by atoms with Gasteiger partial charge in [-0.05, 0) is 24.8 Å². The third kappa shape index (κ3) is 1.33. The highest BCUT2D eigenvalue weighted by Crippen LogP contribution is 2.46. The van der Waals surface area contributed by atoms with Gasteiger partial charge in [0.05, 0.1) is 6.10 Å². The van der Waals surface area contributed by atoms with Gasteiger partial charge in [-0.15, -0.1) is 0 Å². The van der Waals surface area contributed by atoms with Crippen molar-refractivity contribution in [1.82, 2.24) is 0 Å². The molecule has 2 aliphatic carbocycles. The maximum absolute atomic E-state index is 11.2. The normalized spacial score (nSPS) is 44.6. The van der Waals surface area contributed by atoms with E-state index in [0.29, 0.717) is 12.3 Å². The maximum atomic E-state index is 11.2. The van der Waals surface area contributed by atoms with Crippen molar-refractivity contribution in [3.63, 3.8) is 0 Å². The minimum Gasteiger partial charge on any atom is -0.392 e. The van der Waals surface area contributed by atoms with Crippen LogP contribution in [-0.2, 0) is 4.79 Å². The number of hydrogen-bond donors (Lipinski definition) is 1. The topological polar surface area (TPSA) is 37.3 Å². The van der Waals surface area contributed by atoms with Crippen molar-refractivity contribution in [3.05, 3.63) is 12.2 Å². The van der Waals surface area contributed by atoms with Crippen molar-refractivity contribution in [1.29, 1.82) is 0 Å². The predicted molar refractivity (Wildman–Crippen MR) is 50.2 cm³/mol. The van der Waals surface area contributed by atoms with Gasteiger partial charge in [0.15, 0.2) is 5.78 Å². The fraction of sp³-hybridized carbons (Fsp3) is 0.727. The lowest BCUT2D eigenvalue weighted by Gasteiger charge is -2.44. The monoisotopic (exact) mass is 180 g/mol. The summed E-state index contributed by atoms with van der Waals surface area (Å²) in [6.45, 7) is 2.07. The van der Waals surface area contributed by atoms with Crippen LogP contribution in [0.1, 0.15) is 32.6 Å². The standard InChI is InChI=1S/C11H16O2/c1-11-6-5-9(12)7-8(11)3-2-4-10(11)13/h5-6,8,10,13H,2-4,7H2,1H3/t8?,10?,11-/m0/s1. The number of fused-ring (bicyclic) bond motifs is 1. The number of carbonyl (C=O) groups excluding carboxylic acids is 1. The number of aliphatic hydroxyl groups excluding tert-OH is 1. The second kappa shape index (κ2) is 2.95. The van der Waals surface area contributed by atoms with Gasteiger partial charge in [0.1, 0.15) is 0 Å². The van der Waals surface area contributed by atoms with E-state index in [-0.39, 0.29) is 17.3 Å². The molecule has 0 aromatic carbocycles. The number of hydrogen-bond acceptors (Lipinski definition) is 2. The summed E-state index contributed by atoms with van der Waals surface area (Å²) < 4.78 is 0. The van der Waals surface area contributed by atoms with E-state index in [0.717, 1.165) is 19.3 Å². The summed E-state index contributed by atoms with van der Waals surface area (Å²) in [7, 11) is 0. The van der Waals surface area contributed by atoms with Gasteiger partial charge in [-0.1, -0.05) is 19.4 Å². The Balaban J connectivity index is 2.30. The van der Waals surface area contributed by atoms with Gasteiger partial charge < -0.3 is 5.11 Å². The molecule has 2 rings (SSSR count). The molecule has 1 fully saturated rings. The maximum Gasteiger partial charge on any atom is 0.155 e. The Morgan fingerprint density at radius 3 is 3.08 bits per heavy atom. The first-order chi connectivity index (χ1) is 6.13. The molecule has 0 radical (unpaired) electrons.